The Balaban J connectivity index is -0.000000208. The summed E-state index contributed by atoms with van der Waals surface area (Å²) in [5.41, 5.74) is 0. The molecule has 1 rings (SSSR count). The Kier molecular flexibility index (Phi) is 22.4. The SMILES string of the molecule is CC.CC.CC.CC1CCCC(C)C1C. The Morgan fingerprint density at radius 2 is 0.867 bits per heavy atom. The summed E-state index contributed by atoms with van der Waals surface area (Å²) in [4.78, 5) is 0. The molecule has 1 fully saturated rings. The first-order chi connectivity index (χ1) is 7.22. The standard InChI is InChI=1S/C9H18.3C2H6/c1-7-5-4-6-8(2)9(7)3;3*1-2/h7-9H,4-6H2,1-3H3;3*1-2H3. The lowest BCUT2D eigenvalue weighted by atomic mass is 9.75. The Labute approximate surface area is 99.9 Å². The normalized spacial score (nSPS) is 28.2. The Morgan fingerprint density at radius 1 is 0.600 bits per heavy atom. The van der Waals surface area contributed by atoms with Crippen molar-refractivity contribution in [2.45, 2.75) is 81.6 Å². The fourth-order valence-electron chi connectivity index (χ4n) is 1.85. The molecule has 0 aromatic rings. The molecule has 96 valence electrons. The molecule has 0 spiro atoms. The molecule has 0 aliphatic heterocycles. The van der Waals surface area contributed by atoms with E-state index in [9.17, 15) is 0 Å². The van der Waals surface area contributed by atoms with Crippen molar-refractivity contribution in [1.29, 1.82) is 0 Å². The van der Waals surface area contributed by atoms with Crippen LogP contribution in [0.4, 0.5) is 0 Å². The van der Waals surface area contributed by atoms with E-state index in [1.807, 2.05) is 41.5 Å². The second kappa shape index (κ2) is 16.4. The van der Waals surface area contributed by atoms with Gasteiger partial charge in [-0.15, -0.1) is 0 Å². The van der Waals surface area contributed by atoms with E-state index in [4.69, 9.17) is 0 Å². The van der Waals surface area contributed by atoms with Crippen molar-refractivity contribution in [1.82, 2.24) is 0 Å². The average Bonchev–Trinajstić information content (AvgIpc) is 2.34. The zero-order valence-electron chi connectivity index (χ0n) is 12.9. The summed E-state index contributed by atoms with van der Waals surface area (Å²) in [6, 6.07) is 0. The van der Waals surface area contributed by atoms with Gasteiger partial charge in [0.25, 0.3) is 0 Å². The molecule has 0 nitrogen and oxygen atoms in total. The van der Waals surface area contributed by atoms with Gasteiger partial charge in [0, 0.05) is 0 Å². The highest BCUT2D eigenvalue weighted by atomic mass is 14.3. The van der Waals surface area contributed by atoms with Crippen molar-refractivity contribution >= 4 is 0 Å². The van der Waals surface area contributed by atoms with E-state index in [0.29, 0.717) is 0 Å². The molecule has 0 heteroatoms. The highest BCUT2D eigenvalue weighted by Gasteiger charge is 2.22. The minimum absolute atomic E-state index is 0.971. The largest absolute Gasteiger partial charge is 0.0683 e. The van der Waals surface area contributed by atoms with Crippen LogP contribution in [0, 0.1) is 17.8 Å². The van der Waals surface area contributed by atoms with Crippen LogP contribution in [-0.2, 0) is 0 Å². The lowest BCUT2D eigenvalue weighted by molar-refractivity contribution is 0.197. The van der Waals surface area contributed by atoms with Crippen molar-refractivity contribution in [2.24, 2.45) is 17.8 Å². The molecule has 0 amide bonds. The highest BCUT2D eigenvalue weighted by molar-refractivity contribution is 4.73. The van der Waals surface area contributed by atoms with Gasteiger partial charge in [0.15, 0.2) is 0 Å². The van der Waals surface area contributed by atoms with Gasteiger partial charge in [-0.25, -0.2) is 0 Å². The van der Waals surface area contributed by atoms with Gasteiger partial charge >= 0.3 is 0 Å². The van der Waals surface area contributed by atoms with Gasteiger partial charge in [0.2, 0.25) is 0 Å². The Morgan fingerprint density at radius 3 is 1.07 bits per heavy atom. The first kappa shape index (κ1) is 20.4. The minimum Gasteiger partial charge on any atom is -0.0683 e. The van der Waals surface area contributed by atoms with Gasteiger partial charge in [-0.05, 0) is 17.8 Å². The van der Waals surface area contributed by atoms with E-state index in [1.165, 1.54) is 19.3 Å². The topological polar surface area (TPSA) is 0 Å². The number of hydrogen-bond donors (Lipinski definition) is 0. The fourth-order valence-corrected chi connectivity index (χ4v) is 1.85. The summed E-state index contributed by atoms with van der Waals surface area (Å²) in [5, 5.41) is 0. The Hall–Kier alpha value is 0. The molecule has 1 aliphatic rings. The zero-order valence-corrected chi connectivity index (χ0v) is 12.9. The highest BCUT2D eigenvalue weighted by Crippen LogP contribution is 2.33. The summed E-state index contributed by atoms with van der Waals surface area (Å²) in [6.45, 7) is 19.2. The lowest BCUT2D eigenvalue weighted by Crippen LogP contribution is -2.21. The molecule has 0 bridgehead atoms. The molecule has 2 atom stereocenters. The van der Waals surface area contributed by atoms with Crippen molar-refractivity contribution in [3.05, 3.63) is 0 Å². The van der Waals surface area contributed by atoms with Crippen LogP contribution < -0.4 is 0 Å². The minimum atomic E-state index is 0.971. The molecule has 0 saturated heterocycles. The van der Waals surface area contributed by atoms with Crippen LogP contribution in [0.15, 0.2) is 0 Å². The van der Waals surface area contributed by atoms with Gasteiger partial charge in [-0.1, -0.05) is 81.6 Å². The van der Waals surface area contributed by atoms with Gasteiger partial charge in [0.1, 0.15) is 0 Å². The number of rotatable bonds is 0. The molecule has 0 heterocycles. The monoisotopic (exact) mass is 216 g/mol. The number of hydrogen-bond acceptors (Lipinski definition) is 0. The van der Waals surface area contributed by atoms with Gasteiger partial charge in [-0.3, -0.25) is 0 Å². The van der Waals surface area contributed by atoms with Crippen LogP contribution in [0.3, 0.4) is 0 Å². The van der Waals surface area contributed by atoms with Crippen molar-refractivity contribution in [2.75, 3.05) is 0 Å². The molecule has 0 aromatic carbocycles. The smallest absolute Gasteiger partial charge is 0.0391 e. The quantitative estimate of drug-likeness (QED) is 0.455. The van der Waals surface area contributed by atoms with E-state index < -0.39 is 0 Å². The third-order valence-corrected chi connectivity index (χ3v) is 3.11. The van der Waals surface area contributed by atoms with E-state index in [1.54, 1.807) is 0 Å². The maximum Gasteiger partial charge on any atom is -0.0391 e. The van der Waals surface area contributed by atoms with Crippen LogP contribution in [-0.4, -0.2) is 0 Å². The summed E-state index contributed by atoms with van der Waals surface area (Å²) in [6.07, 6.45) is 4.39. The van der Waals surface area contributed by atoms with Crippen molar-refractivity contribution < 1.29 is 0 Å². The van der Waals surface area contributed by atoms with E-state index in [-0.39, 0.29) is 0 Å². The fraction of sp³-hybridized carbons (Fsp3) is 1.00. The third-order valence-electron chi connectivity index (χ3n) is 3.11. The van der Waals surface area contributed by atoms with E-state index in [2.05, 4.69) is 20.8 Å². The maximum absolute atomic E-state index is 2.40. The predicted molar refractivity (Wildman–Crippen MR) is 75.4 cm³/mol. The van der Waals surface area contributed by atoms with E-state index in [0.717, 1.165) is 17.8 Å². The lowest BCUT2D eigenvalue weighted by Gasteiger charge is -2.31. The van der Waals surface area contributed by atoms with Crippen molar-refractivity contribution in [3.63, 3.8) is 0 Å². The van der Waals surface area contributed by atoms with Crippen LogP contribution >= 0.6 is 0 Å². The van der Waals surface area contributed by atoms with Crippen LogP contribution in [0.2, 0.25) is 0 Å². The molecule has 15 heavy (non-hydrogen) atoms. The summed E-state index contributed by atoms with van der Waals surface area (Å²) in [7, 11) is 0. The van der Waals surface area contributed by atoms with E-state index >= 15 is 0 Å². The van der Waals surface area contributed by atoms with Crippen molar-refractivity contribution in [3.8, 4) is 0 Å². The van der Waals surface area contributed by atoms with Crippen LogP contribution in [0.1, 0.15) is 81.6 Å². The predicted octanol–water partition coefficient (Wildman–Crippen LogP) is 6.16. The van der Waals surface area contributed by atoms with Gasteiger partial charge in [-0.2, -0.15) is 0 Å². The maximum atomic E-state index is 2.40. The molecular weight excluding hydrogens is 180 g/mol. The molecule has 1 aliphatic carbocycles. The van der Waals surface area contributed by atoms with Crippen LogP contribution in [0.25, 0.3) is 0 Å². The summed E-state index contributed by atoms with van der Waals surface area (Å²) < 4.78 is 0. The first-order valence-electron chi connectivity index (χ1n) is 7.22. The molecule has 0 aromatic heterocycles. The second-order valence-corrected chi connectivity index (χ2v) is 3.74. The molecule has 2 unspecified atom stereocenters. The van der Waals surface area contributed by atoms with Crippen LogP contribution in [0.5, 0.6) is 0 Å². The molecule has 1 saturated carbocycles. The first-order valence-corrected chi connectivity index (χ1v) is 7.22. The second-order valence-electron chi connectivity index (χ2n) is 3.74. The van der Waals surface area contributed by atoms with Gasteiger partial charge < -0.3 is 0 Å². The third kappa shape index (κ3) is 10.3. The summed E-state index contributed by atoms with van der Waals surface area (Å²) in [5.74, 6) is 2.93. The molecule has 0 N–H and O–H groups in total. The molecule has 0 radical (unpaired) electrons. The molecular formula is C15H36. The average molecular weight is 216 g/mol. The van der Waals surface area contributed by atoms with Gasteiger partial charge in [0.05, 0.1) is 0 Å². The Bertz CT molecular complexity index is 76.0. The zero-order chi connectivity index (χ0) is 12.9. The summed E-state index contributed by atoms with van der Waals surface area (Å²) >= 11 is 0.